The summed E-state index contributed by atoms with van der Waals surface area (Å²) in [5, 5.41) is 2.22. The van der Waals surface area contributed by atoms with Crippen molar-refractivity contribution in [2.24, 2.45) is 5.92 Å². The second-order valence-electron chi connectivity index (χ2n) is 7.47. The number of nitrogens with zero attached hydrogens (tertiary/aromatic N) is 2. The maximum atomic E-state index is 12.7. The van der Waals surface area contributed by atoms with Crippen molar-refractivity contribution in [3.05, 3.63) is 22.2 Å². The summed E-state index contributed by atoms with van der Waals surface area (Å²) in [6.07, 6.45) is 1.60. The fourth-order valence-corrected chi connectivity index (χ4v) is 4.49. The molecule has 4 heterocycles. The van der Waals surface area contributed by atoms with E-state index in [9.17, 15) is 14.4 Å². The van der Waals surface area contributed by atoms with Gasteiger partial charge in [0.15, 0.2) is 5.72 Å². The topological polar surface area (TPSA) is 95.8 Å². The van der Waals surface area contributed by atoms with Gasteiger partial charge in [-0.15, -0.1) is 0 Å². The first-order chi connectivity index (χ1) is 11.9. The van der Waals surface area contributed by atoms with Crippen LogP contribution in [0.2, 0.25) is 0 Å². The normalized spacial score (nSPS) is 31.1. The summed E-state index contributed by atoms with van der Waals surface area (Å²) in [4.78, 5) is 40.0. The van der Waals surface area contributed by atoms with Gasteiger partial charge in [0.05, 0.1) is 25.1 Å². The van der Waals surface area contributed by atoms with Crippen LogP contribution in [0.15, 0.2) is 15.4 Å². The van der Waals surface area contributed by atoms with E-state index in [2.05, 4.69) is 19.0 Å². The molecule has 2 amide bonds. The molecule has 3 aliphatic heterocycles. The molecule has 4 rings (SSSR count). The van der Waals surface area contributed by atoms with Crippen LogP contribution < -0.4 is 5.56 Å². The minimum Gasteiger partial charge on any atom is -0.384 e. The molecular weight excluding hydrogens is 326 g/mol. The number of hydrogen-bond acceptors (Lipinski definition) is 5. The standard InChI is InChI=1S/C17H23N3O5/c1-10(2)12-9-24-17-5-6-19(13(17)8-16(23)20(12)17)15(22)4-3-11-7-14(21)18-25-11/h7,10,12-13H,3-6,8-9H2,1-2H3,(H,18,21)/t12-,13+,17-/m0/s1. The van der Waals surface area contributed by atoms with Crippen molar-refractivity contribution in [2.45, 2.75) is 57.3 Å². The third-order valence-corrected chi connectivity index (χ3v) is 5.74. The van der Waals surface area contributed by atoms with Gasteiger partial charge in [-0.25, -0.2) is 0 Å². The summed E-state index contributed by atoms with van der Waals surface area (Å²) in [7, 11) is 0. The number of carbonyl (C=O) groups is 2. The lowest BCUT2D eigenvalue weighted by Gasteiger charge is -2.34. The van der Waals surface area contributed by atoms with Crippen molar-refractivity contribution >= 4 is 11.8 Å². The van der Waals surface area contributed by atoms with Gasteiger partial charge >= 0.3 is 0 Å². The predicted octanol–water partition coefficient (Wildman–Crippen LogP) is 0.485. The number of ether oxygens (including phenoxy) is 1. The van der Waals surface area contributed by atoms with Crippen molar-refractivity contribution in [1.82, 2.24) is 15.0 Å². The van der Waals surface area contributed by atoms with Crippen LogP contribution in [0.5, 0.6) is 0 Å². The third-order valence-electron chi connectivity index (χ3n) is 5.74. The Bertz CT molecular complexity index is 753. The number of aromatic amines is 1. The van der Waals surface area contributed by atoms with E-state index in [4.69, 9.17) is 9.26 Å². The van der Waals surface area contributed by atoms with E-state index in [1.54, 1.807) is 4.90 Å². The maximum Gasteiger partial charge on any atom is 0.280 e. The molecule has 0 bridgehead atoms. The Morgan fingerprint density at radius 2 is 2.24 bits per heavy atom. The molecule has 3 saturated heterocycles. The number of H-pyrrole nitrogens is 1. The molecule has 8 nitrogen and oxygen atoms in total. The summed E-state index contributed by atoms with van der Waals surface area (Å²) >= 11 is 0. The lowest BCUT2D eigenvalue weighted by molar-refractivity contribution is -0.141. The van der Waals surface area contributed by atoms with E-state index in [1.165, 1.54) is 6.07 Å². The molecule has 8 heteroatoms. The molecule has 1 aromatic rings. The first kappa shape index (κ1) is 16.4. The molecular formula is C17H23N3O5. The SMILES string of the molecule is CC(C)[C@@H]1CO[C@@]23CCN(C(=O)CCc4cc(=O)[nH]o4)[C@@H]2CC(=O)N13. The van der Waals surface area contributed by atoms with E-state index >= 15 is 0 Å². The van der Waals surface area contributed by atoms with Crippen molar-refractivity contribution in [2.75, 3.05) is 13.2 Å². The second-order valence-corrected chi connectivity index (χ2v) is 7.47. The maximum absolute atomic E-state index is 12.7. The summed E-state index contributed by atoms with van der Waals surface area (Å²) in [6, 6.07) is 1.23. The molecule has 1 N–H and O–H groups in total. The largest absolute Gasteiger partial charge is 0.384 e. The van der Waals surface area contributed by atoms with Gasteiger partial charge in [0.2, 0.25) is 11.8 Å². The number of aromatic nitrogens is 1. The highest BCUT2D eigenvalue weighted by Gasteiger charge is 2.65. The van der Waals surface area contributed by atoms with Crippen molar-refractivity contribution < 1.29 is 18.8 Å². The molecule has 3 aliphatic rings. The van der Waals surface area contributed by atoms with Gasteiger partial charge in [-0.2, -0.15) is 5.16 Å². The van der Waals surface area contributed by atoms with Crippen LogP contribution in [0.1, 0.15) is 38.9 Å². The van der Waals surface area contributed by atoms with E-state index < -0.39 is 5.72 Å². The Morgan fingerprint density at radius 1 is 1.44 bits per heavy atom. The van der Waals surface area contributed by atoms with Crippen LogP contribution >= 0.6 is 0 Å². The molecule has 136 valence electrons. The number of hydrogen-bond donors (Lipinski definition) is 1. The highest BCUT2D eigenvalue weighted by Crippen LogP contribution is 2.48. The van der Waals surface area contributed by atoms with E-state index in [1.807, 2.05) is 4.90 Å². The lowest BCUT2D eigenvalue weighted by Crippen LogP contribution is -2.51. The smallest absolute Gasteiger partial charge is 0.280 e. The number of rotatable bonds is 4. The van der Waals surface area contributed by atoms with Gasteiger partial charge in [0.25, 0.3) is 5.56 Å². The van der Waals surface area contributed by atoms with Crippen LogP contribution in [-0.4, -0.2) is 57.7 Å². The van der Waals surface area contributed by atoms with Gasteiger partial charge in [-0.3, -0.25) is 14.4 Å². The predicted molar refractivity (Wildman–Crippen MR) is 86.5 cm³/mol. The molecule has 0 saturated carbocycles. The van der Waals surface area contributed by atoms with Gasteiger partial charge < -0.3 is 19.1 Å². The van der Waals surface area contributed by atoms with Crippen LogP contribution in [0, 0.1) is 5.92 Å². The molecule has 0 unspecified atom stereocenters. The van der Waals surface area contributed by atoms with Crippen molar-refractivity contribution in [1.29, 1.82) is 0 Å². The highest BCUT2D eigenvalue weighted by molar-refractivity contribution is 5.85. The molecule has 0 aliphatic carbocycles. The Hall–Kier alpha value is -2.09. The number of amides is 2. The Labute approximate surface area is 145 Å². The van der Waals surface area contributed by atoms with Gasteiger partial charge in [0, 0.05) is 31.9 Å². The minimum atomic E-state index is -0.637. The van der Waals surface area contributed by atoms with Gasteiger partial charge in [0.1, 0.15) is 5.76 Å². The number of aryl methyl sites for hydroxylation is 1. The molecule has 0 aromatic carbocycles. The molecule has 0 radical (unpaired) electrons. The number of carbonyl (C=O) groups excluding carboxylic acids is 2. The average Bonchev–Trinajstić information content (AvgIpc) is 3.27. The summed E-state index contributed by atoms with van der Waals surface area (Å²) in [6.45, 7) is 5.32. The fourth-order valence-electron chi connectivity index (χ4n) is 4.49. The lowest BCUT2D eigenvalue weighted by atomic mass is 10.0. The van der Waals surface area contributed by atoms with Crippen LogP contribution in [0.3, 0.4) is 0 Å². The molecule has 3 fully saturated rings. The third kappa shape index (κ3) is 2.42. The van der Waals surface area contributed by atoms with Crippen molar-refractivity contribution in [3.63, 3.8) is 0 Å². The van der Waals surface area contributed by atoms with Gasteiger partial charge in [-0.05, 0) is 5.92 Å². The molecule has 1 aromatic heterocycles. The fraction of sp³-hybridized carbons (Fsp3) is 0.706. The monoisotopic (exact) mass is 349 g/mol. The second kappa shape index (κ2) is 5.72. The first-order valence-corrected chi connectivity index (χ1v) is 8.85. The molecule has 25 heavy (non-hydrogen) atoms. The summed E-state index contributed by atoms with van der Waals surface area (Å²) in [5.41, 5.74) is -0.943. The average molecular weight is 349 g/mol. The number of nitrogens with one attached hydrogen (secondary N) is 1. The van der Waals surface area contributed by atoms with Crippen molar-refractivity contribution in [3.8, 4) is 0 Å². The van der Waals surface area contributed by atoms with E-state index in [-0.39, 0.29) is 35.9 Å². The van der Waals surface area contributed by atoms with Gasteiger partial charge in [-0.1, -0.05) is 13.8 Å². The van der Waals surface area contributed by atoms with Crippen LogP contribution in [0.25, 0.3) is 0 Å². The zero-order valence-electron chi connectivity index (χ0n) is 14.5. The Balaban J connectivity index is 1.48. The Kier molecular flexibility index (Phi) is 3.75. The quantitative estimate of drug-likeness (QED) is 0.853. The summed E-state index contributed by atoms with van der Waals surface area (Å²) < 4.78 is 11.1. The Morgan fingerprint density at radius 3 is 2.92 bits per heavy atom. The highest BCUT2D eigenvalue weighted by atomic mass is 16.5. The zero-order valence-corrected chi connectivity index (χ0v) is 14.5. The minimum absolute atomic E-state index is 0.0306. The van der Waals surface area contributed by atoms with E-state index in [0.717, 1.165) is 0 Å². The molecule has 3 atom stereocenters. The zero-order chi connectivity index (χ0) is 17.8. The summed E-state index contributed by atoms with van der Waals surface area (Å²) in [5.74, 6) is 0.837. The number of likely N-dealkylation sites (tertiary alicyclic amines) is 1. The molecule has 1 spiro atoms. The van der Waals surface area contributed by atoms with E-state index in [0.29, 0.717) is 44.1 Å². The first-order valence-electron chi connectivity index (χ1n) is 8.85. The van der Waals surface area contributed by atoms with Crippen LogP contribution in [-0.2, 0) is 20.7 Å². The van der Waals surface area contributed by atoms with Crippen LogP contribution in [0.4, 0.5) is 0 Å².